The van der Waals surface area contributed by atoms with Crippen LogP contribution in [0.15, 0.2) is 60.9 Å². The molecule has 0 spiro atoms. The van der Waals surface area contributed by atoms with Crippen molar-refractivity contribution < 1.29 is 14.3 Å². The highest BCUT2D eigenvalue weighted by Crippen LogP contribution is 2.27. The van der Waals surface area contributed by atoms with Gasteiger partial charge in [0, 0.05) is 49.4 Å². The minimum Gasteiger partial charge on any atom is -0.492 e. The molecule has 0 radical (unpaired) electrons. The second-order valence-electron chi connectivity index (χ2n) is 9.67. The Hall–Kier alpha value is -3.41. The van der Waals surface area contributed by atoms with Crippen LogP contribution < -0.4 is 4.74 Å². The van der Waals surface area contributed by atoms with Crippen LogP contribution in [0.1, 0.15) is 48.0 Å². The predicted octanol–water partition coefficient (Wildman–Crippen LogP) is 4.72. The molecule has 1 aromatic heterocycles. The molecule has 2 amide bonds. The van der Waals surface area contributed by atoms with Crippen molar-refractivity contribution in [3.05, 3.63) is 72.1 Å². The van der Waals surface area contributed by atoms with E-state index < -0.39 is 0 Å². The molecule has 3 heterocycles. The van der Waals surface area contributed by atoms with Crippen LogP contribution in [-0.2, 0) is 11.2 Å². The number of carbonyl (C=O) groups is 2. The van der Waals surface area contributed by atoms with E-state index in [2.05, 4.69) is 29.2 Å². The Morgan fingerprint density at radius 1 is 1.03 bits per heavy atom. The number of aromatic nitrogens is 1. The molecule has 6 heteroatoms. The molecular formula is C29H33N3O3. The van der Waals surface area contributed by atoms with E-state index >= 15 is 0 Å². The first kappa shape index (κ1) is 23.3. The normalized spacial score (nSPS) is 18.6. The molecule has 35 heavy (non-hydrogen) atoms. The number of amides is 2. The number of ether oxygens (including phenoxy) is 1. The molecule has 2 aliphatic rings. The molecule has 0 aliphatic carbocycles. The molecule has 0 saturated carbocycles. The van der Waals surface area contributed by atoms with Crippen molar-refractivity contribution in [1.82, 2.24) is 14.8 Å². The van der Waals surface area contributed by atoms with Crippen molar-refractivity contribution in [2.75, 3.05) is 32.8 Å². The first-order valence-corrected chi connectivity index (χ1v) is 12.8. The van der Waals surface area contributed by atoms with Gasteiger partial charge in [0.15, 0.2) is 0 Å². The fourth-order valence-corrected chi connectivity index (χ4v) is 5.37. The summed E-state index contributed by atoms with van der Waals surface area (Å²) in [7, 11) is 0. The molecule has 2 saturated heterocycles. The van der Waals surface area contributed by atoms with Crippen molar-refractivity contribution in [2.24, 2.45) is 5.92 Å². The zero-order chi connectivity index (χ0) is 24.0. The molecule has 0 unspecified atom stereocenters. The minimum absolute atomic E-state index is 0.0713. The lowest BCUT2D eigenvalue weighted by molar-refractivity contribution is -0.128. The van der Waals surface area contributed by atoms with E-state index in [1.807, 2.05) is 46.5 Å². The van der Waals surface area contributed by atoms with E-state index in [1.165, 1.54) is 16.3 Å². The first-order chi connectivity index (χ1) is 17.2. The van der Waals surface area contributed by atoms with Crippen LogP contribution >= 0.6 is 0 Å². The van der Waals surface area contributed by atoms with Crippen molar-refractivity contribution in [1.29, 1.82) is 0 Å². The summed E-state index contributed by atoms with van der Waals surface area (Å²) in [6.45, 7) is 3.42. The molecule has 2 aromatic carbocycles. The zero-order valence-electron chi connectivity index (χ0n) is 20.2. The van der Waals surface area contributed by atoms with Crippen LogP contribution in [0.25, 0.3) is 10.8 Å². The lowest BCUT2D eigenvalue weighted by Crippen LogP contribution is -2.32. The van der Waals surface area contributed by atoms with Gasteiger partial charge in [-0.15, -0.1) is 0 Å². The van der Waals surface area contributed by atoms with E-state index in [0.717, 1.165) is 51.7 Å². The van der Waals surface area contributed by atoms with Crippen LogP contribution in [0.2, 0.25) is 0 Å². The lowest BCUT2D eigenvalue weighted by atomic mass is 9.90. The maximum Gasteiger partial charge on any atom is 0.253 e. The molecule has 1 atom stereocenters. The second kappa shape index (κ2) is 10.9. The summed E-state index contributed by atoms with van der Waals surface area (Å²) < 4.78 is 5.87. The fraction of sp³-hybridized carbons (Fsp3) is 0.414. The molecule has 3 aromatic rings. The number of nitrogens with zero attached hydrogens (tertiary/aromatic N) is 3. The summed E-state index contributed by atoms with van der Waals surface area (Å²) in [6.07, 6.45) is 9.55. The van der Waals surface area contributed by atoms with Crippen LogP contribution in [0.4, 0.5) is 0 Å². The molecule has 5 rings (SSSR count). The number of hydrogen-bond acceptors (Lipinski definition) is 4. The number of pyridine rings is 1. The van der Waals surface area contributed by atoms with Gasteiger partial charge in [-0.05, 0) is 73.2 Å². The third-order valence-electron chi connectivity index (χ3n) is 7.30. The smallest absolute Gasteiger partial charge is 0.253 e. The predicted molar refractivity (Wildman–Crippen MR) is 136 cm³/mol. The third-order valence-corrected chi connectivity index (χ3v) is 7.30. The van der Waals surface area contributed by atoms with Gasteiger partial charge in [-0.3, -0.25) is 14.6 Å². The summed E-state index contributed by atoms with van der Waals surface area (Å²) in [5.74, 6) is 1.52. The summed E-state index contributed by atoms with van der Waals surface area (Å²) in [4.78, 5) is 33.1. The number of carbonyl (C=O) groups excluding carboxylic acids is 2. The maximum absolute atomic E-state index is 13.3. The Kier molecular flexibility index (Phi) is 7.26. The Morgan fingerprint density at radius 2 is 1.94 bits per heavy atom. The van der Waals surface area contributed by atoms with Crippen molar-refractivity contribution in [3.8, 4) is 5.75 Å². The molecule has 0 N–H and O–H groups in total. The van der Waals surface area contributed by atoms with Gasteiger partial charge in [-0.25, -0.2) is 0 Å². The Morgan fingerprint density at radius 3 is 2.83 bits per heavy atom. The topological polar surface area (TPSA) is 62.7 Å². The maximum atomic E-state index is 13.3. The van der Waals surface area contributed by atoms with E-state index in [1.54, 1.807) is 0 Å². The van der Waals surface area contributed by atoms with Gasteiger partial charge >= 0.3 is 0 Å². The number of fused-ring (bicyclic) bond motifs is 1. The van der Waals surface area contributed by atoms with Gasteiger partial charge in [-0.2, -0.15) is 0 Å². The van der Waals surface area contributed by atoms with Crippen molar-refractivity contribution in [2.45, 2.75) is 38.5 Å². The highest BCUT2D eigenvalue weighted by atomic mass is 16.5. The van der Waals surface area contributed by atoms with E-state index in [0.29, 0.717) is 36.8 Å². The number of hydrogen-bond donors (Lipinski definition) is 0. The fourth-order valence-electron chi connectivity index (χ4n) is 5.37. The van der Waals surface area contributed by atoms with Gasteiger partial charge in [0.25, 0.3) is 5.91 Å². The SMILES string of the molecule is O=C1CCCN1CCOc1cccc(C(=O)N2CCC[C@@H](Cc3cccc4cnccc34)CC2)c1. The molecule has 0 bridgehead atoms. The van der Waals surface area contributed by atoms with Crippen LogP contribution in [-0.4, -0.2) is 59.4 Å². The van der Waals surface area contributed by atoms with E-state index in [4.69, 9.17) is 4.74 Å². The van der Waals surface area contributed by atoms with Crippen LogP contribution in [0.3, 0.4) is 0 Å². The first-order valence-electron chi connectivity index (χ1n) is 12.8. The monoisotopic (exact) mass is 471 g/mol. The standard InChI is InChI=1S/C29H33N3O3/c33-28-10-4-14-31(28)17-18-35-26-9-2-7-24(20-26)29(34)32-15-3-5-22(12-16-32)19-23-6-1-8-25-21-30-13-11-27(23)25/h1-2,6-9,11,13,20-22H,3-5,10,12,14-19H2/t22-/m1/s1. The summed E-state index contributed by atoms with van der Waals surface area (Å²) >= 11 is 0. The highest BCUT2D eigenvalue weighted by molar-refractivity contribution is 5.94. The van der Waals surface area contributed by atoms with Gasteiger partial charge in [0.2, 0.25) is 5.91 Å². The van der Waals surface area contributed by atoms with Gasteiger partial charge in [0.1, 0.15) is 12.4 Å². The van der Waals surface area contributed by atoms with Crippen molar-refractivity contribution >= 4 is 22.6 Å². The molecule has 182 valence electrons. The average Bonchev–Trinajstić information content (AvgIpc) is 3.15. The molecule has 6 nitrogen and oxygen atoms in total. The second-order valence-corrected chi connectivity index (χ2v) is 9.67. The molecule has 2 fully saturated rings. The Bertz CT molecular complexity index is 1190. The molecule has 2 aliphatic heterocycles. The minimum atomic E-state index is 0.0713. The number of benzene rings is 2. The summed E-state index contributed by atoms with van der Waals surface area (Å²) in [6, 6.07) is 16.0. The van der Waals surface area contributed by atoms with Gasteiger partial charge in [0.05, 0.1) is 6.54 Å². The Labute approximate surface area is 206 Å². The zero-order valence-corrected chi connectivity index (χ0v) is 20.2. The third kappa shape index (κ3) is 5.64. The Balaban J connectivity index is 1.17. The molecular weight excluding hydrogens is 438 g/mol. The average molecular weight is 472 g/mol. The lowest BCUT2D eigenvalue weighted by Gasteiger charge is -2.21. The van der Waals surface area contributed by atoms with E-state index in [-0.39, 0.29) is 11.8 Å². The summed E-state index contributed by atoms with van der Waals surface area (Å²) in [5.41, 5.74) is 2.04. The number of rotatable bonds is 7. The highest BCUT2D eigenvalue weighted by Gasteiger charge is 2.23. The number of likely N-dealkylation sites (tertiary alicyclic amines) is 2. The van der Waals surface area contributed by atoms with Crippen LogP contribution in [0.5, 0.6) is 5.75 Å². The van der Waals surface area contributed by atoms with Crippen LogP contribution in [0, 0.1) is 5.92 Å². The quantitative estimate of drug-likeness (QED) is 0.500. The van der Waals surface area contributed by atoms with E-state index in [9.17, 15) is 9.59 Å². The van der Waals surface area contributed by atoms with Gasteiger partial charge < -0.3 is 14.5 Å². The summed E-state index contributed by atoms with van der Waals surface area (Å²) in [5, 5.41) is 2.47. The van der Waals surface area contributed by atoms with Gasteiger partial charge in [-0.1, -0.05) is 24.3 Å². The largest absolute Gasteiger partial charge is 0.492 e. The van der Waals surface area contributed by atoms with Crippen molar-refractivity contribution in [3.63, 3.8) is 0 Å².